The van der Waals surface area contributed by atoms with Crippen molar-refractivity contribution in [2.45, 2.75) is 18.9 Å². The Labute approximate surface area is 126 Å². The van der Waals surface area contributed by atoms with E-state index >= 15 is 0 Å². The van der Waals surface area contributed by atoms with E-state index in [1.54, 1.807) is 0 Å². The number of nitrogens with one attached hydrogen (secondary N) is 1. The van der Waals surface area contributed by atoms with Crippen molar-refractivity contribution in [3.05, 3.63) is 34.4 Å². The van der Waals surface area contributed by atoms with Gasteiger partial charge in [-0.15, -0.1) is 0 Å². The summed E-state index contributed by atoms with van der Waals surface area (Å²) in [4.78, 5) is 12.4. The molecule has 0 spiro atoms. The maximum absolute atomic E-state index is 12.4. The number of amides is 1. The molecule has 5 heteroatoms. The zero-order chi connectivity index (χ0) is 14.1. The molecule has 1 fully saturated rings. The van der Waals surface area contributed by atoms with Crippen molar-refractivity contribution in [1.82, 2.24) is 9.88 Å². The highest BCUT2D eigenvalue weighted by Crippen LogP contribution is 2.24. The molecule has 1 N–H and O–H groups in total. The Kier molecular flexibility index (Phi) is 3.81. The second kappa shape index (κ2) is 5.58. The van der Waals surface area contributed by atoms with E-state index in [1.165, 1.54) is 0 Å². The number of aromatic nitrogens is 1. The second-order valence-electron chi connectivity index (χ2n) is 5.18. The minimum Gasteiger partial charge on any atom is -0.381 e. The van der Waals surface area contributed by atoms with Gasteiger partial charge in [0.25, 0.3) is 5.91 Å². The quantitative estimate of drug-likeness (QED) is 0.916. The molecule has 1 aliphatic heterocycles. The van der Waals surface area contributed by atoms with E-state index in [1.807, 2.05) is 36.0 Å². The van der Waals surface area contributed by atoms with Crippen LogP contribution in [0.5, 0.6) is 0 Å². The summed E-state index contributed by atoms with van der Waals surface area (Å²) < 4.78 is 8.32. The van der Waals surface area contributed by atoms with Gasteiger partial charge >= 0.3 is 0 Å². The normalized spacial score (nSPS) is 16.5. The van der Waals surface area contributed by atoms with Crippen LogP contribution in [0.2, 0.25) is 0 Å². The van der Waals surface area contributed by atoms with Crippen LogP contribution >= 0.6 is 15.9 Å². The molecule has 106 valence electrons. The highest BCUT2D eigenvalue weighted by molar-refractivity contribution is 9.10. The molecule has 1 amide bonds. The van der Waals surface area contributed by atoms with Gasteiger partial charge in [0.2, 0.25) is 0 Å². The molecule has 3 rings (SSSR count). The van der Waals surface area contributed by atoms with Crippen LogP contribution in [0, 0.1) is 0 Å². The average molecular weight is 337 g/mol. The molecular weight excluding hydrogens is 320 g/mol. The number of fused-ring (bicyclic) bond motifs is 1. The Morgan fingerprint density at radius 3 is 2.90 bits per heavy atom. The van der Waals surface area contributed by atoms with E-state index in [4.69, 9.17) is 4.74 Å². The molecule has 0 aliphatic carbocycles. The number of hydrogen-bond donors (Lipinski definition) is 1. The molecule has 1 aliphatic rings. The Morgan fingerprint density at radius 1 is 1.40 bits per heavy atom. The lowest BCUT2D eigenvalue weighted by molar-refractivity contribution is 0.0697. The first-order chi connectivity index (χ1) is 9.65. The van der Waals surface area contributed by atoms with Crippen LogP contribution in [-0.4, -0.2) is 29.7 Å². The minimum atomic E-state index is 0.00447. The van der Waals surface area contributed by atoms with E-state index in [2.05, 4.69) is 21.2 Å². The first-order valence-electron chi connectivity index (χ1n) is 6.78. The maximum atomic E-state index is 12.4. The molecule has 0 atom stereocenters. The predicted molar refractivity (Wildman–Crippen MR) is 81.9 cm³/mol. The predicted octanol–water partition coefficient (Wildman–Crippen LogP) is 2.85. The van der Waals surface area contributed by atoms with Gasteiger partial charge in [0.1, 0.15) is 0 Å². The molecule has 1 saturated heterocycles. The molecule has 1 aromatic heterocycles. The first kappa shape index (κ1) is 13.6. The summed E-state index contributed by atoms with van der Waals surface area (Å²) in [5.74, 6) is 0.00447. The third-order valence-electron chi connectivity index (χ3n) is 3.75. The SMILES string of the molecule is Cn1cc(C(=O)NC2CCOCC2)c2ccc(Br)cc21. The van der Waals surface area contributed by atoms with Crippen LogP contribution in [-0.2, 0) is 11.8 Å². The van der Waals surface area contributed by atoms with Gasteiger partial charge in [-0.05, 0) is 25.0 Å². The van der Waals surface area contributed by atoms with Crippen molar-refractivity contribution in [2.24, 2.45) is 7.05 Å². The number of ether oxygens (including phenoxy) is 1. The molecular formula is C15H17BrN2O2. The van der Waals surface area contributed by atoms with E-state index in [0.29, 0.717) is 0 Å². The number of carbonyl (C=O) groups excluding carboxylic acids is 1. The fraction of sp³-hybridized carbons (Fsp3) is 0.400. The van der Waals surface area contributed by atoms with Crippen molar-refractivity contribution >= 4 is 32.7 Å². The van der Waals surface area contributed by atoms with Crippen LogP contribution in [0.15, 0.2) is 28.9 Å². The average Bonchev–Trinajstić information content (AvgIpc) is 2.77. The Balaban J connectivity index is 1.87. The van der Waals surface area contributed by atoms with Gasteiger partial charge in [0.05, 0.1) is 5.56 Å². The van der Waals surface area contributed by atoms with Gasteiger partial charge in [-0.3, -0.25) is 4.79 Å². The molecule has 2 aromatic rings. The fourth-order valence-corrected chi connectivity index (χ4v) is 2.99. The van der Waals surface area contributed by atoms with Gasteiger partial charge in [0, 0.05) is 47.9 Å². The Hall–Kier alpha value is -1.33. The fourth-order valence-electron chi connectivity index (χ4n) is 2.64. The van der Waals surface area contributed by atoms with Crippen molar-refractivity contribution in [2.75, 3.05) is 13.2 Å². The highest BCUT2D eigenvalue weighted by Gasteiger charge is 2.19. The molecule has 0 saturated carbocycles. The molecule has 4 nitrogen and oxygen atoms in total. The van der Waals surface area contributed by atoms with Gasteiger partial charge in [-0.1, -0.05) is 22.0 Å². The molecule has 0 bridgehead atoms. The van der Waals surface area contributed by atoms with Gasteiger partial charge in [-0.25, -0.2) is 0 Å². The number of hydrogen-bond acceptors (Lipinski definition) is 2. The largest absolute Gasteiger partial charge is 0.381 e. The van der Waals surface area contributed by atoms with E-state index in [9.17, 15) is 4.79 Å². The molecule has 1 aromatic carbocycles. The second-order valence-corrected chi connectivity index (χ2v) is 6.09. The lowest BCUT2D eigenvalue weighted by Crippen LogP contribution is -2.38. The Morgan fingerprint density at radius 2 is 2.15 bits per heavy atom. The highest BCUT2D eigenvalue weighted by atomic mass is 79.9. The van der Waals surface area contributed by atoms with Crippen LogP contribution < -0.4 is 5.32 Å². The van der Waals surface area contributed by atoms with E-state index in [0.717, 1.165) is 47.0 Å². The molecule has 2 heterocycles. The lowest BCUT2D eigenvalue weighted by atomic mass is 10.1. The van der Waals surface area contributed by atoms with Crippen LogP contribution in [0.25, 0.3) is 10.9 Å². The summed E-state index contributed by atoms with van der Waals surface area (Å²) in [7, 11) is 1.96. The monoisotopic (exact) mass is 336 g/mol. The summed E-state index contributed by atoms with van der Waals surface area (Å²) in [5.41, 5.74) is 1.79. The van der Waals surface area contributed by atoms with Gasteiger partial charge in [-0.2, -0.15) is 0 Å². The lowest BCUT2D eigenvalue weighted by Gasteiger charge is -2.22. The maximum Gasteiger partial charge on any atom is 0.253 e. The number of aryl methyl sites for hydroxylation is 1. The number of halogens is 1. The number of benzene rings is 1. The minimum absolute atomic E-state index is 0.00447. The number of carbonyl (C=O) groups is 1. The van der Waals surface area contributed by atoms with Crippen LogP contribution in [0.3, 0.4) is 0 Å². The first-order valence-corrected chi connectivity index (χ1v) is 7.57. The van der Waals surface area contributed by atoms with Crippen LogP contribution in [0.4, 0.5) is 0 Å². The summed E-state index contributed by atoms with van der Waals surface area (Å²) >= 11 is 3.46. The summed E-state index contributed by atoms with van der Waals surface area (Å²) in [5, 5.41) is 4.10. The molecule has 0 unspecified atom stereocenters. The third-order valence-corrected chi connectivity index (χ3v) is 4.25. The standard InChI is InChI=1S/C15H17BrN2O2/c1-18-9-13(12-3-2-10(16)8-14(12)18)15(19)17-11-4-6-20-7-5-11/h2-3,8-9,11H,4-7H2,1H3,(H,17,19). The molecule has 0 radical (unpaired) electrons. The number of nitrogens with zero attached hydrogens (tertiary/aromatic N) is 1. The summed E-state index contributed by atoms with van der Waals surface area (Å²) in [6.07, 6.45) is 3.68. The summed E-state index contributed by atoms with van der Waals surface area (Å²) in [6, 6.07) is 6.20. The third kappa shape index (κ3) is 2.60. The van der Waals surface area contributed by atoms with Gasteiger partial charge in [0.15, 0.2) is 0 Å². The Bertz CT molecular complexity index is 645. The van der Waals surface area contributed by atoms with Crippen molar-refractivity contribution in [3.8, 4) is 0 Å². The molecule has 20 heavy (non-hydrogen) atoms. The smallest absolute Gasteiger partial charge is 0.253 e. The van der Waals surface area contributed by atoms with Crippen molar-refractivity contribution < 1.29 is 9.53 Å². The van der Waals surface area contributed by atoms with Crippen LogP contribution in [0.1, 0.15) is 23.2 Å². The number of rotatable bonds is 2. The van der Waals surface area contributed by atoms with E-state index < -0.39 is 0 Å². The van der Waals surface area contributed by atoms with Gasteiger partial charge < -0.3 is 14.6 Å². The zero-order valence-electron chi connectivity index (χ0n) is 11.4. The summed E-state index contributed by atoms with van der Waals surface area (Å²) in [6.45, 7) is 1.46. The topological polar surface area (TPSA) is 43.3 Å². The van der Waals surface area contributed by atoms with Crippen molar-refractivity contribution in [3.63, 3.8) is 0 Å². The van der Waals surface area contributed by atoms with Crippen molar-refractivity contribution in [1.29, 1.82) is 0 Å². The van der Waals surface area contributed by atoms with E-state index in [-0.39, 0.29) is 11.9 Å². The zero-order valence-corrected chi connectivity index (χ0v) is 12.9.